The molecule has 1 aromatic rings. The summed E-state index contributed by atoms with van der Waals surface area (Å²) in [6.45, 7) is 4.32. The van der Waals surface area contributed by atoms with Gasteiger partial charge < -0.3 is 9.84 Å². The van der Waals surface area contributed by atoms with Crippen LogP contribution in [0, 0.1) is 5.41 Å². The summed E-state index contributed by atoms with van der Waals surface area (Å²) >= 11 is 0. The minimum atomic E-state index is -0.886. The van der Waals surface area contributed by atoms with E-state index in [4.69, 9.17) is 4.74 Å². The smallest absolute Gasteiger partial charge is 0.238 e. The van der Waals surface area contributed by atoms with E-state index in [1.165, 1.54) is 0 Å². The van der Waals surface area contributed by atoms with Gasteiger partial charge in [-0.2, -0.15) is 0 Å². The molecule has 0 saturated heterocycles. The van der Waals surface area contributed by atoms with Crippen LogP contribution in [-0.4, -0.2) is 22.2 Å². The zero-order valence-electron chi connectivity index (χ0n) is 10.0. The van der Waals surface area contributed by atoms with Crippen LogP contribution in [0.1, 0.15) is 38.8 Å². The Morgan fingerprint density at radius 2 is 1.94 bits per heavy atom. The number of hydrogen-bond acceptors (Lipinski definition) is 4. The lowest BCUT2D eigenvalue weighted by atomic mass is 9.88. The molecular weight excluding hydrogens is 204 g/mol. The van der Waals surface area contributed by atoms with Crippen LogP contribution < -0.4 is 4.74 Å². The molecule has 1 fully saturated rings. The van der Waals surface area contributed by atoms with Gasteiger partial charge in [0.25, 0.3) is 0 Å². The molecule has 0 aliphatic heterocycles. The zero-order valence-corrected chi connectivity index (χ0v) is 10.0. The van der Waals surface area contributed by atoms with E-state index >= 15 is 0 Å². The molecule has 1 unspecified atom stereocenters. The standard InChI is InChI=1S/C12H18N2O2/c1-11(2)4-5-12(15,8-11)9-10(16-3)14-7-6-13-9/h6-7,15H,4-5,8H2,1-3H3. The highest BCUT2D eigenvalue weighted by Gasteiger charge is 2.45. The van der Waals surface area contributed by atoms with Crippen LogP contribution in [-0.2, 0) is 5.60 Å². The summed E-state index contributed by atoms with van der Waals surface area (Å²) in [6, 6.07) is 0. The molecule has 1 heterocycles. The summed E-state index contributed by atoms with van der Waals surface area (Å²) in [7, 11) is 1.55. The van der Waals surface area contributed by atoms with Crippen molar-refractivity contribution >= 4 is 0 Å². The molecule has 0 bridgehead atoms. The van der Waals surface area contributed by atoms with E-state index in [1.807, 2.05) is 0 Å². The van der Waals surface area contributed by atoms with Crippen molar-refractivity contribution in [2.24, 2.45) is 5.41 Å². The van der Waals surface area contributed by atoms with Crippen LogP contribution in [0.3, 0.4) is 0 Å². The third-order valence-electron chi connectivity index (χ3n) is 3.29. The maximum atomic E-state index is 10.6. The number of hydrogen-bond donors (Lipinski definition) is 1. The molecular formula is C12H18N2O2. The molecule has 16 heavy (non-hydrogen) atoms. The molecule has 2 rings (SSSR count). The molecule has 88 valence electrons. The lowest BCUT2D eigenvalue weighted by Gasteiger charge is -2.25. The van der Waals surface area contributed by atoms with Gasteiger partial charge in [0.15, 0.2) is 0 Å². The highest BCUT2D eigenvalue weighted by atomic mass is 16.5. The van der Waals surface area contributed by atoms with Crippen LogP contribution in [0.25, 0.3) is 0 Å². The molecule has 1 saturated carbocycles. The molecule has 4 heteroatoms. The van der Waals surface area contributed by atoms with Gasteiger partial charge in [-0.25, -0.2) is 4.98 Å². The Bertz CT molecular complexity index is 392. The number of ether oxygens (including phenoxy) is 1. The Hall–Kier alpha value is -1.16. The van der Waals surface area contributed by atoms with Gasteiger partial charge in [-0.1, -0.05) is 13.8 Å². The van der Waals surface area contributed by atoms with Crippen molar-refractivity contribution < 1.29 is 9.84 Å². The van der Waals surface area contributed by atoms with E-state index in [0.717, 1.165) is 12.8 Å². The summed E-state index contributed by atoms with van der Waals surface area (Å²) in [5.74, 6) is 0.433. The third-order valence-corrected chi connectivity index (χ3v) is 3.29. The first-order valence-electron chi connectivity index (χ1n) is 5.55. The van der Waals surface area contributed by atoms with Crippen molar-refractivity contribution in [2.75, 3.05) is 7.11 Å². The van der Waals surface area contributed by atoms with Gasteiger partial charge in [0, 0.05) is 12.4 Å². The van der Waals surface area contributed by atoms with E-state index in [0.29, 0.717) is 18.0 Å². The van der Waals surface area contributed by atoms with Gasteiger partial charge in [0.05, 0.1) is 7.11 Å². The SMILES string of the molecule is COc1nccnc1C1(O)CCC(C)(C)C1. The zero-order chi connectivity index (χ0) is 11.8. The Balaban J connectivity index is 2.37. The molecule has 0 spiro atoms. The molecule has 1 aliphatic rings. The fraction of sp³-hybridized carbons (Fsp3) is 0.667. The third kappa shape index (κ3) is 1.89. The first kappa shape index (κ1) is 11.3. The summed E-state index contributed by atoms with van der Waals surface area (Å²) in [5.41, 5.74) is -0.163. The molecule has 1 aliphatic carbocycles. The summed E-state index contributed by atoms with van der Waals surface area (Å²) in [5, 5.41) is 10.6. The Morgan fingerprint density at radius 3 is 2.50 bits per heavy atom. The van der Waals surface area contributed by atoms with E-state index in [1.54, 1.807) is 19.5 Å². The molecule has 1 aromatic heterocycles. The summed E-state index contributed by atoms with van der Waals surface area (Å²) in [6.07, 6.45) is 5.58. The average molecular weight is 222 g/mol. The van der Waals surface area contributed by atoms with Crippen molar-refractivity contribution in [3.8, 4) is 5.88 Å². The van der Waals surface area contributed by atoms with Crippen molar-refractivity contribution in [3.63, 3.8) is 0 Å². The van der Waals surface area contributed by atoms with Gasteiger partial charge in [-0.05, 0) is 24.7 Å². The Labute approximate surface area is 95.7 Å². The lowest BCUT2D eigenvalue weighted by molar-refractivity contribution is 0.0263. The maximum absolute atomic E-state index is 10.6. The highest BCUT2D eigenvalue weighted by molar-refractivity contribution is 5.26. The second-order valence-electron chi connectivity index (χ2n) is 5.29. The number of aliphatic hydroxyl groups is 1. The normalized spacial score (nSPS) is 28.0. The summed E-state index contributed by atoms with van der Waals surface area (Å²) in [4.78, 5) is 8.32. The second kappa shape index (κ2) is 3.70. The predicted octanol–water partition coefficient (Wildman–Crippen LogP) is 1.88. The molecule has 0 amide bonds. The second-order valence-corrected chi connectivity index (χ2v) is 5.29. The van der Waals surface area contributed by atoms with Crippen LogP contribution in [0.2, 0.25) is 0 Å². The molecule has 0 radical (unpaired) electrons. The minimum Gasteiger partial charge on any atom is -0.480 e. The first-order valence-corrected chi connectivity index (χ1v) is 5.55. The number of rotatable bonds is 2. The van der Waals surface area contributed by atoms with E-state index in [2.05, 4.69) is 23.8 Å². The number of nitrogens with zero attached hydrogens (tertiary/aromatic N) is 2. The quantitative estimate of drug-likeness (QED) is 0.830. The van der Waals surface area contributed by atoms with Gasteiger partial charge in [-0.3, -0.25) is 4.98 Å². The lowest BCUT2D eigenvalue weighted by Crippen LogP contribution is -2.26. The Morgan fingerprint density at radius 1 is 1.25 bits per heavy atom. The monoisotopic (exact) mass is 222 g/mol. The largest absolute Gasteiger partial charge is 0.480 e. The van der Waals surface area contributed by atoms with Gasteiger partial charge in [0.1, 0.15) is 11.3 Å². The number of methoxy groups -OCH3 is 1. The average Bonchev–Trinajstić information content (AvgIpc) is 2.54. The molecule has 0 aromatic carbocycles. The summed E-state index contributed by atoms with van der Waals surface area (Å²) < 4.78 is 5.16. The van der Waals surface area contributed by atoms with Crippen molar-refractivity contribution in [2.45, 2.75) is 38.7 Å². The maximum Gasteiger partial charge on any atom is 0.238 e. The van der Waals surface area contributed by atoms with E-state index < -0.39 is 5.60 Å². The first-order chi connectivity index (χ1) is 7.47. The van der Waals surface area contributed by atoms with Gasteiger partial charge >= 0.3 is 0 Å². The van der Waals surface area contributed by atoms with Crippen molar-refractivity contribution in [1.29, 1.82) is 0 Å². The predicted molar refractivity (Wildman–Crippen MR) is 60.1 cm³/mol. The van der Waals surface area contributed by atoms with Crippen molar-refractivity contribution in [1.82, 2.24) is 9.97 Å². The number of aromatic nitrogens is 2. The van der Waals surface area contributed by atoms with E-state index in [9.17, 15) is 5.11 Å². The fourth-order valence-electron chi connectivity index (χ4n) is 2.51. The van der Waals surface area contributed by atoms with Gasteiger partial charge in [0.2, 0.25) is 5.88 Å². The molecule has 4 nitrogen and oxygen atoms in total. The topological polar surface area (TPSA) is 55.2 Å². The van der Waals surface area contributed by atoms with Crippen LogP contribution in [0.4, 0.5) is 0 Å². The molecule has 1 N–H and O–H groups in total. The minimum absolute atomic E-state index is 0.150. The van der Waals surface area contributed by atoms with Gasteiger partial charge in [-0.15, -0.1) is 0 Å². The van der Waals surface area contributed by atoms with Crippen LogP contribution >= 0.6 is 0 Å². The van der Waals surface area contributed by atoms with Crippen LogP contribution in [0.5, 0.6) is 5.88 Å². The van der Waals surface area contributed by atoms with Crippen molar-refractivity contribution in [3.05, 3.63) is 18.1 Å². The fourth-order valence-corrected chi connectivity index (χ4v) is 2.51. The van der Waals surface area contributed by atoms with E-state index in [-0.39, 0.29) is 5.41 Å². The Kier molecular flexibility index (Phi) is 2.62. The van der Waals surface area contributed by atoms with Crippen LogP contribution in [0.15, 0.2) is 12.4 Å². The highest BCUT2D eigenvalue weighted by Crippen LogP contribution is 2.49. The molecule has 1 atom stereocenters.